The molecule has 1 atom stereocenters. The van der Waals surface area contributed by atoms with E-state index >= 15 is 0 Å². The fraction of sp³-hybridized carbons (Fsp3) is 0.900. The summed E-state index contributed by atoms with van der Waals surface area (Å²) in [5.74, 6) is -1.81. The molecule has 17 heavy (non-hydrogen) atoms. The normalized spacial score (nSPS) is 14.2. The number of carboxylic acid groups (broad SMARTS) is 1. The summed E-state index contributed by atoms with van der Waals surface area (Å²) in [6.07, 6.45) is 0. The highest BCUT2D eigenvalue weighted by molar-refractivity contribution is 7.87. The van der Waals surface area contributed by atoms with Crippen molar-refractivity contribution in [2.75, 3.05) is 19.6 Å². The first-order valence-electron chi connectivity index (χ1n) is 5.73. The van der Waals surface area contributed by atoms with Crippen LogP contribution in [0.4, 0.5) is 0 Å². The predicted molar refractivity (Wildman–Crippen MR) is 65.8 cm³/mol. The molecule has 0 aromatic rings. The van der Waals surface area contributed by atoms with Gasteiger partial charge in [-0.1, -0.05) is 27.7 Å². The van der Waals surface area contributed by atoms with Gasteiger partial charge in [0.25, 0.3) is 10.2 Å². The Labute approximate surface area is 103 Å². The molecule has 1 unspecified atom stereocenters. The summed E-state index contributed by atoms with van der Waals surface area (Å²) in [4.78, 5) is 10.9. The Morgan fingerprint density at radius 3 is 2.06 bits per heavy atom. The quantitative estimate of drug-likeness (QED) is 0.670. The lowest BCUT2D eigenvalue weighted by molar-refractivity contribution is -0.142. The van der Waals surface area contributed by atoms with Gasteiger partial charge in [-0.15, -0.1) is 0 Å². The van der Waals surface area contributed by atoms with Gasteiger partial charge in [0, 0.05) is 19.6 Å². The Kier molecular flexibility index (Phi) is 6.66. The van der Waals surface area contributed by atoms with Crippen molar-refractivity contribution in [2.24, 2.45) is 11.8 Å². The second-order valence-electron chi connectivity index (χ2n) is 4.13. The van der Waals surface area contributed by atoms with E-state index in [4.69, 9.17) is 5.11 Å². The molecule has 0 heterocycles. The molecule has 0 saturated carbocycles. The lowest BCUT2D eigenvalue weighted by Crippen LogP contribution is -2.44. The van der Waals surface area contributed by atoms with Crippen molar-refractivity contribution in [3.05, 3.63) is 0 Å². The predicted octanol–water partition coefficient (Wildman–Crippen LogP) is 0.519. The van der Waals surface area contributed by atoms with Gasteiger partial charge in [-0.2, -0.15) is 12.7 Å². The zero-order chi connectivity index (χ0) is 13.6. The first-order valence-corrected chi connectivity index (χ1v) is 7.17. The molecule has 0 aliphatic rings. The number of nitrogens with one attached hydrogen (secondary N) is 1. The van der Waals surface area contributed by atoms with E-state index in [2.05, 4.69) is 4.72 Å². The van der Waals surface area contributed by atoms with Crippen LogP contribution in [0, 0.1) is 11.8 Å². The molecule has 0 rings (SSSR count). The minimum Gasteiger partial charge on any atom is -0.481 e. The third kappa shape index (κ3) is 5.01. The Bertz CT molecular complexity index is 336. The molecule has 0 spiro atoms. The van der Waals surface area contributed by atoms with E-state index in [9.17, 15) is 13.2 Å². The SMILES string of the molecule is CCN(CC)S(=O)(=O)NCC(C(=O)O)C(C)C. The summed E-state index contributed by atoms with van der Waals surface area (Å²) in [5.41, 5.74) is 0. The second kappa shape index (κ2) is 6.93. The molecule has 0 amide bonds. The van der Waals surface area contributed by atoms with Crippen LogP contribution in [-0.2, 0) is 15.0 Å². The number of carbonyl (C=O) groups is 1. The number of hydrogen-bond donors (Lipinski definition) is 2. The first-order chi connectivity index (χ1) is 7.76. The molecular weight excluding hydrogens is 244 g/mol. The molecule has 0 fully saturated rings. The van der Waals surface area contributed by atoms with Crippen LogP contribution in [0.15, 0.2) is 0 Å². The van der Waals surface area contributed by atoms with Gasteiger partial charge >= 0.3 is 5.97 Å². The van der Waals surface area contributed by atoms with Crippen molar-refractivity contribution < 1.29 is 18.3 Å². The third-order valence-corrected chi connectivity index (χ3v) is 4.38. The lowest BCUT2D eigenvalue weighted by Gasteiger charge is -2.22. The molecule has 7 heteroatoms. The zero-order valence-corrected chi connectivity index (χ0v) is 11.6. The molecule has 0 radical (unpaired) electrons. The molecule has 0 aliphatic carbocycles. The number of rotatable bonds is 8. The molecule has 2 N–H and O–H groups in total. The molecule has 0 saturated heterocycles. The second-order valence-corrected chi connectivity index (χ2v) is 5.88. The fourth-order valence-corrected chi connectivity index (χ4v) is 2.71. The van der Waals surface area contributed by atoms with Crippen molar-refractivity contribution in [1.82, 2.24) is 9.03 Å². The minimum absolute atomic E-state index is 0.0775. The summed E-state index contributed by atoms with van der Waals surface area (Å²) in [7, 11) is -3.56. The van der Waals surface area contributed by atoms with Crippen LogP contribution in [0.2, 0.25) is 0 Å². The monoisotopic (exact) mass is 266 g/mol. The molecular formula is C10H22N2O4S. The van der Waals surface area contributed by atoms with Crippen molar-refractivity contribution in [3.63, 3.8) is 0 Å². The van der Waals surface area contributed by atoms with Crippen LogP contribution in [0.25, 0.3) is 0 Å². The minimum atomic E-state index is -3.56. The summed E-state index contributed by atoms with van der Waals surface area (Å²) >= 11 is 0. The van der Waals surface area contributed by atoms with Crippen LogP contribution >= 0.6 is 0 Å². The van der Waals surface area contributed by atoms with Gasteiger partial charge in [0.15, 0.2) is 0 Å². The molecule has 0 bridgehead atoms. The van der Waals surface area contributed by atoms with Crippen molar-refractivity contribution in [3.8, 4) is 0 Å². The Hall–Kier alpha value is -0.660. The van der Waals surface area contributed by atoms with E-state index in [1.165, 1.54) is 4.31 Å². The average Bonchev–Trinajstić information content (AvgIpc) is 2.17. The van der Waals surface area contributed by atoms with Gasteiger partial charge in [-0.25, -0.2) is 4.72 Å². The zero-order valence-electron chi connectivity index (χ0n) is 10.8. The molecule has 102 valence electrons. The van der Waals surface area contributed by atoms with Crippen molar-refractivity contribution in [2.45, 2.75) is 27.7 Å². The number of nitrogens with zero attached hydrogens (tertiary/aromatic N) is 1. The molecule has 6 nitrogen and oxygen atoms in total. The maximum Gasteiger partial charge on any atom is 0.308 e. The standard InChI is InChI=1S/C10H22N2O4S/c1-5-12(6-2)17(15,16)11-7-9(8(3)4)10(13)14/h8-9,11H,5-7H2,1-4H3,(H,13,14). The molecule has 0 aromatic heterocycles. The maximum atomic E-state index is 11.8. The van der Waals surface area contributed by atoms with Gasteiger partial charge < -0.3 is 5.11 Å². The fourth-order valence-electron chi connectivity index (χ4n) is 1.46. The highest BCUT2D eigenvalue weighted by atomic mass is 32.2. The van der Waals surface area contributed by atoms with Crippen molar-refractivity contribution >= 4 is 16.2 Å². The van der Waals surface area contributed by atoms with Crippen LogP contribution in [0.3, 0.4) is 0 Å². The Morgan fingerprint density at radius 2 is 1.76 bits per heavy atom. The number of hydrogen-bond acceptors (Lipinski definition) is 3. The van der Waals surface area contributed by atoms with Crippen LogP contribution < -0.4 is 4.72 Å². The maximum absolute atomic E-state index is 11.8. The summed E-state index contributed by atoms with van der Waals surface area (Å²) < 4.78 is 27.1. The van der Waals surface area contributed by atoms with Gasteiger partial charge in [0.1, 0.15) is 0 Å². The van der Waals surface area contributed by atoms with Crippen LogP contribution in [0.5, 0.6) is 0 Å². The van der Waals surface area contributed by atoms with Crippen LogP contribution in [-0.4, -0.2) is 43.4 Å². The van der Waals surface area contributed by atoms with E-state index in [0.717, 1.165) is 0 Å². The van der Waals surface area contributed by atoms with Gasteiger partial charge in [-0.05, 0) is 5.92 Å². The molecule has 0 aliphatic heterocycles. The van der Waals surface area contributed by atoms with E-state index in [1.807, 2.05) is 0 Å². The highest BCUT2D eigenvalue weighted by Gasteiger charge is 2.25. The summed E-state index contributed by atoms with van der Waals surface area (Å²) in [6.45, 7) is 7.64. The third-order valence-electron chi connectivity index (χ3n) is 2.65. The number of aliphatic carboxylic acids is 1. The van der Waals surface area contributed by atoms with E-state index in [0.29, 0.717) is 13.1 Å². The highest BCUT2D eigenvalue weighted by Crippen LogP contribution is 2.10. The largest absolute Gasteiger partial charge is 0.481 e. The van der Waals surface area contributed by atoms with Gasteiger partial charge in [0.05, 0.1) is 5.92 Å². The van der Waals surface area contributed by atoms with Gasteiger partial charge in [0.2, 0.25) is 0 Å². The Balaban J connectivity index is 4.59. The topological polar surface area (TPSA) is 86.7 Å². The Morgan fingerprint density at radius 1 is 1.29 bits per heavy atom. The average molecular weight is 266 g/mol. The lowest BCUT2D eigenvalue weighted by atomic mass is 9.97. The molecule has 0 aromatic carbocycles. The summed E-state index contributed by atoms with van der Waals surface area (Å²) in [6, 6.07) is 0. The van der Waals surface area contributed by atoms with Gasteiger partial charge in [-0.3, -0.25) is 4.79 Å². The van der Waals surface area contributed by atoms with E-state index in [-0.39, 0.29) is 12.5 Å². The van der Waals surface area contributed by atoms with E-state index < -0.39 is 22.1 Å². The number of carboxylic acids is 1. The van der Waals surface area contributed by atoms with Crippen molar-refractivity contribution in [1.29, 1.82) is 0 Å². The first kappa shape index (κ1) is 16.3. The van der Waals surface area contributed by atoms with Crippen LogP contribution in [0.1, 0.15) is 27.7 Å². The smallest absolute Gasteiger partial charge is 0.308 e. The summed E-state index contributed by atoms with van der Waals surface area (Å²) in [5, 5.41) is 8.95. The van der Waals surface area contributed by atoms with E-state index in [1.54, 1.807) is 27.7 Å².